The molecule has 1 unspecified atom stereocenters. The van der Waals surface area contributed by atoms with Crippen LogP contribution in [0.15, 0.2) is 11.2 Å². The van der Waals surface area contributed by atoms with Gasteiger partial charge in [-0.1, -0.05) is 6.92 Å². The van der Waals surface area contributed by atoms with Crippen LogP contribution in [0.5, 0.6) is 0 Å². The number of H-pyrrole nitrogens is 1. The summed E-state index contributed by atoms with van der Waals surface area (Å²) in [6.45, 7) is 5.29. The highest BCUT2D eigenvalue weighted by molar-refractivity contribution is 7.98. The van der Waals surface area contributed by atoms with Crippen molar-refractivity contribution < 1.29 is 8.42 Å². The Hall–Kier alpha value is -0.570. The van der Waals surface area contributed by atoms with E-state index in [4.69, 9.17) is 0 Å². The highest BCUT2D eigenvalue weighted by Crippen LogP contribution is 2.13. The van der Waals surface area contributed by atoms with Crippen molar-refractivity contribution in [3.8, 4) is 0 Å². The second-order valence-corrected chi connectivity index (χ2v) is 7.34. The first-order valence-corrected chi connectivity index (χ1v) is 9.63. The molecule has 116 valence electrons. The Labute approximate surface area is 125 Å². The Morgan fingerprint density at radius 2 is 2.25 bits per heavy atom. The van der Waals surface area contributed by atoms with Gasteiger partial charge in [0.15, 0.2) is 5.03 Å². The molecule has 20 heavy (non-hydrogen) atoms. The molecule has 8 heteroatoms. The lowest BCUT2D eigenvalue weighted by Crippen LogP contribution is -2.34. The highest BCUT2D eigenvalue weighted by Gasteiger charge is 2.22. The van der Waals surface area contributed by atoms with Crippen LogP contribution in [0.1, 0.15) is 32.3 Å². The molecule has 0 saturated carbocycles. The van der Waals surface area contributed by atoms with Gasteiger partial charge in [0.2, 0.25) is 0 Å². The van der Waals surface area contributed by atoms with Gasteiger partial charge in [-0.15, -0.1) is 0 Å². The number of thioether (sulfide) groups is 1. The SMILES string of the molecule is CCCNCc1cn[nH]c1S(=O)(=O)NC(C)CCSC. The second-order valence-electron chi connectivity index (χ2n) is 4.70. The molecule has 1 aromatic heterocycles. The Morgan fingerprint density at radius 3 is 2.90 bits per heavy atom. The maximum absolute atomic E-state index is 12.3. The number of hydrogen-bond acceptors (Lipinski definition) is 5. The normalized spacial score (nSPS) is 13.6. The summed E-state index contributed by atoms with van der Waals surface area (Å²) in [6.07, 6.45) is 5.37. The molecule has 0 bridgehead atoms. The number of sulfonamides is 1. The molecule has 0 aliphatic rings. The number of nitrogens with zero attached hydrogens (tertiary/aromatic N) is 1. The van der Waals surface area contributed by atoms with Gasteiger partial charge in [-0.05, 0) is 38.3 Å². The van der Waals surface area contributed by atoms with Gasteiger partial charge in [0.1, 0.15) is 0 Å². The third-order valence-corrected chi connectivity index (χ3v) is 5.05. The van der Waals surface area contributed by atoms with Crippen molar-refractivity contribution in [1.29, 1.82) is 0 Å². The molecule has 0 saturated heterocycles. The van der Waals surface area contributed by atoms with Crippen molar-refractivity contribution in [2.45, 2.75) is 44.3 Å². The highest BCUT2D eigenvalue weighted by atomic mass is 32.2. The smallest absolute Gasteiger partial charge is 0.258 e. The molecule has 3 N–H and O–H groups in total. The number of aromatic amines is 1. The molecule has 1 rings (SSSR count). The largest absolute Gasteiger partial charge is 0.313 e. The Morgan fingerprint density at radius 1 is 1.50 bits per heavy atom. The molecule has 6 nitrogen and oxygen atoms in total. The standard InChI is InChI=1S/C12H24N4O2S2/c1-4-6-13-8-11-9-14-15-12(11)20(17,18)16-10(2)5-7-19-3/h9-10,13,16H,4-8H2,1-3H3,(H,14,15). The summed E-state index contributed by atoms with van der Waals surface area (Å²) in [7, 11) is -3.53. The fourth-order valence-corrected chi connectivity index (χ4v) is 3.73. The molecule has 0 amide bonds. The van der Waals surface area contributed by atoms with Crippen LogP contribution in [0, 0.1) is 0 Å². The van der Waals surface area contributed by atoms with Crippen molar-refractivity contribution >= 4 is 21.8 Å². The van der Waals surface area contributed by atoms with Crippen molar-refractivity contribution in [3.05, 3.63) is 11.8 Å². The van der Waals surface area contributed by atoms with Crippen molar-refractivity contribution in [2.75, 3.05) is 18.6 Å². The van der Waals surface area contributed by atoms with Crippen molar-refractivity contribution in [3.63, 3.8) is 0 Å². The second kappa shape index (κ2) is 8.66. The third-order valence-electron chi connectivity index (χ3n) is 2.80. The summed E-state index contributed by atoms with van der Waals surface area (Å²) < 4.78 is 27.3. The maximum Gasteiger partial charge on any atom is 0.258 e. The first-order chi connectivity index (χ1) is 9.51. The van der Waals surface area contributed by atoms with E-state index in [1.54, 1.807) is 18.0 Å². The lowest BCUT2D eigenvalue weighted by Gasteiger charge is -2.13. The van der Waals surface area contributed by atoms with Crippen LogP contribution < -0.4 is 10.0 Å². The lowest BCUT2D eigenvalue weighted by atomic mass is 10.3. The van der Waals surface area contributed by atoms with E-state index in [-0.39, 0.29) is 11.1 Å². The number of aromatic nitrogens is 2. The van der Waals surface area contributed by atoms with Gasteiger partial charge >= 0.3 is 0 Å². The quantitative estimate of drug-likeness (QED) is 0.566. The predicted octanol–water partition coefficient (Wildman–Crippen LogP) is 1.33. The summed E-state index contributed by atoms with van der Waals surface area (Å²) in [5, 5.41) is 9.78. The minimum Gasteiger partial charge on any atom is -0.313 e. The van der Waals surface area contributed by atoms with Gasteiger partial charge in [0.05, 0.1) is 6.20 Å². The Kier molecular flexibility index (Phi) is 7.57. The van der Waals surface area contributed by atoms with Crippen molar-refractivity contribution in [2.24, 2.45) is 0 Å². The van der Waals surface area contributed by atoms with Gasteiger partial charge in [0.25, 0.3) is 10.0 Å². The molecular formula is C12H24N4O2S2. The van der Waals surface area contributed by atoms with Crippen LogP contribution in [-0.4, -0.2) is 43.2 Å². The molecule has 1 heterocycles. The van der Waals surface area contributed by atoms with Gasteiger partial charge in [-0.2, -0.15) is 16.9 Å². The predicted molar refractivity (Wildman–Crippen MR) is 83.4 cm³/mol. The molecule has 0 fully saturated rings. The van der Waals surface area contributed by atoms with Crippen LogP contribution in [0.25, 0.3) is 0 Å². The summed E-state index contributed by atoms with van der Waals surface area (Å²) in [4.78, 5) is 0. The lowest BCUT2D eigenvalue weighted by molar-refractivity contribution is 0.550. The van der Waals surface area contributed by atoms with Crippen LogP contribution >= 0.6 is 11.8 Å². The topological polar surface area (TPSA) is 86.9 Å². The molecule has 0 aromatic carbocycles. The zero-order chi connectivity index (χ0) is 15.0. The minimum atomic E-state index is -3.53. The molecule has 0 radical (unpaired) electrons. The van der Waals surface area contributed by atoms with Crippen LogP contribution in [0.3, 0.4) is 0 Å². The monoisotopic (exact) mass is 320 g/mol. The molecule has 1 atom stereocenters. The van der Waals surface area contributed by atoms with E-state index in [2.05, 4.69) is 27.2 Å². The number of rotatable bonds is 10. The van der Waals surface area contributed by atoms with E-state index in [1.807, 2.05) is 13.2 Å². The van der Waals surface area contributed by atoms with Gasteiger partial charge in [-0.3, -0.25) is 5.10 Å². The summed E-state index contributed by atoms with van der Waals surface area (Å²) in [6, 6.07) is -0.0906. The average Bonchev–Trinajstić information content (AvgIpc) is 2.85. The summed E-state index contributed by atoms with van der Waals surface area (Å²) >= 11 is 1.71. The Bertz CT molecular complexity index is 487. The van der Waals surface area contributed by atoms with E-state index in [1.165, 1.54) is 0 Å². The molecule has 1 aromatic rings. The van der Waals surface area contributed by atoms with E-state index in [0.29, 0.717) is 12.1 Å². The van der Waals surface area contributed by atoms with E-state index in [0.717, 1.165) is 25.1 Å². The molecule has 0 spiro atoms. The van der Waals surface area contributed by atoms with Crippen LogP contribution in [0.4, 0.5) is 0 Å². The summed E-state index contributed by atoms with van der Waals surface area (Å²) in [5.74, 6) is 0.928. The zero-order valence-electron chi connectivity index (χ0n) is 12.3. The van der Waals surface area contributed by atoms with Crippen LogP contribution in [-0.2, 0) is 16.6 Å². The number of nitrogens with one attached hydrogen (secondary N) is 3. The van der Waals surface area contributed by atoms with E-state index >= 15 is 0 Å². The first-order valence-electron chi connectivity index (χ1n) is 6.75. The minimum absolute atomic E-state index is 0.0906. The van der Waals surface area contributed by atoms with E-state index in [9.17, 15) is 8.42 Å². The summed E-state index contributed by atoms with van der Waals surface area (Å²) in [5.41, 5.74) is 0.669. The van der Waals surface area contributed by atoms with Crippen molar-refractivity contribution in [1.82, 2.24) is 20.2 Å². The third kappa shape index (κ3) is 5.43. The molecule has 0 aliphatic heterocycles. The molecular weight excluding hydrogens is 296 g/mol. The fraction of sp³-hybridized carbons (Fsp3) is 0.750. The fourth-order valence-electron chi connectivity index (χ4n) is 1.74. The number of hydrogen-bond donors (Lipinski definition) is 3. The zero-order valence-corrected chi connectivity index (χ0v) is 13.9. The van der Waals surface area contributed by atoms with Gasteiger partial charge < -0.3 is 5.32 Å². The van der Waals surface area contributed by atoms with Gasteiger partial charge in [-0.25, -0.2) is 13.1 Å². The van der Waals surface area contributed by atoms with Gasteiger partial charge in [0, 0.05) is 18.2 Å². The molecule has 0 aliphatic carbocycles. The Balaban J connectivity index is 2.69. The average molecular weight is 320 g/mol. The van der Waals surface area contributed by atoms with Crippen LogP contribution in [0.2, 0.25) is 0 Å². The maximum atomic E-state index is 12.3. The first kappa shape index (κ1) is 17.5. The van der Waals surface area contributed by atoms with E-state index < -0.39 is 10.0 Å².